The van der Waals surface area contributed by atoms with Gasteiger partial charge in [0.15, 0.2) is 0 Å². The Kier molecular flexibility index (Phi) is 16.9. The van der Waals surface area contributed by atoms with Gasteiger partial charge in [0.2, 0.25) is 0 Å². The summed E-state index contributed by atoms with van der Waals surface area (Å²) in [4.78, 5) is 0. The molecule has 0 aliphatic carbocycles. The van der Waals surface area contributed by atoms with Crippen LogP contribution in [0.3, 0.4) is 0 Å². The molecule has 0 unspecified atom stereocenters. The summed E-state index contributed by atoms with van der Waals surface area (Å²) in [6.07, 6.45) is 4.84. The number of allylic oxidation sites excluding steroid dienone is 2. The van der Waals surface area contributed by atoms with Gasteiger partial charge in [-0.05, 0) is 188 Å². The molecule has 19 aromatic carbocycles. The quantitative estimate of drug-likeness (QED) is 0.105. The number of hydrogen-bond donors (Lipinski definition) is 0. The van der Waals surface area contributed by atoms with Crippen LogP contribution in [0.4, 0.5) is 0 Å². The summed E-state index contributed by atoms with van der Waals surface area (Å²) in [5.74, 6) is 2.04. The van der Waals surface area contributed by atoms with E-state index in [0.717, 1.165) is 33.8 Å². The van der Waals surface area contributed by atoms with Crippen molar-refractivity contribution in [3.63, 3.8) is 0 Å². The highest BCUT2D eigenvalue weighted by atomic mass is 28.3. The monoisotopic (exact) mass is 1560 g/mol. The van der Waals surface area contributed by atoms with Gasteiger partial charge in [-0.25, -0.2) is 0 Å². The van der Waals surface area contributed by atoms with E-state index >= 15 is 0 Å². The standard InChI is InChI=1S/C40H25NO.C38H29NSi.C37H26N2/c1-2-12-26(13-3-1)39-31-16-4-6-18-33(31)40(34-19-7-5-17-32(34)39)38-25-27-24-28(22-23-37(27)42-38)41-35-20-10-8-14-29(35)30-15-9-11-21-36(30)41;1-40(2)35(24-25-36(40)39-33-22-12-10-16-27(33)28-17-11-13-23-34(28)39)38-31-20-8-6-18-29(31)37(26-14-4-3-5-15-26)30-19-7-9-21-32(30)38;1-38-34(23-24-35(38)39-32-21-11-9-15-26(32)27-16-10-12-22-33(27)39)37-30-19-7-5-17-28(30)36(25-13-3-2-4-14-25)29-18-6-8-20-31(29)37/h1-25H;3-25H,1-2H3;2-24H,1H3. The van der Waals surface area contributed by atoms with E-state index in [-0.39, 0.29) is 0 Å². The third-order valence-corrected chi connectivity index (χ3v) is 29.0. The minimum atomic E-state index is -2.12. The van der Waals surface area contributed by atoms with E-state index in [9.17, 15) is 0 Å². The Morgan fingerprint density at radius 1 is 0.231 bits per heavy atom. The van der Waals surface area contributed by atoms with Crippen LogP contribution in [0.15, 0.2) is 435 Å². The smallest absolute Gasteiger partial charge is 0.136 e. The van der Waals surface area contributed by atoms with Gasteiger partial charge < -0.3 is 18.1 Å². The van der Waals surface area contributed by atoms with Crippen molar-refractivity contribution in [3.8, 4) is 67.5 Å². The summed E-state index contributed by atoms with van der Waals surface area (Å²) in [6.45, 7) is 5.05. The van der Waals surface area contributed by atoms with Gasteiger partial charge in [0.1, 0.15) is 25.2 Å². The zero-order chi connectivity index (χ0) is 80.4. The summed E-state index contributed by atoms with van der Waals surface area (Å²) in [5, 5.41) is 27.0. The molecule has 0 bridgehead atoms. The minimum absolute atomic E-state index is 0.884. The van der Waals surface area contributed by atoms with Gasteiger partial charge in [-0.15, -0.1) is 0 Å². The number of hydrogen-bond acceptors (Lipinski definition) is 1. The fraction of sp³-hybridized carbons (Fsp3) is 0.0261. The predicted molar refractivity (Wildman–Crippen MR) is 518 cm³/mol. The van der Waals surface area contributed by atoms with Gasteiger partial charge in [-0.1, -0.05) is 365 Å². The van der Waals surface area contributed by atoms with Crippen molar-refractivity contribution >= 4 is 160 Å². The predicted octanol–water partition coefficient (Wildman–Crippen LogP) is 31.4. The molecule has 0 spiro atoms. The van der Waals surface area contributed by atoms with E-state index in [0.29, 0.717) is 0 Å². The lowest BCUT2D eigenvalue weighted by Gasteiger charge is -2.29. The molecule has 1 aliphatic rings. The van der Waals surface area contributed by atoms with Crippen LogP contribution in [0.1, 0.15) is 5.56 Å². The molecule has 25 rings (SSSR count). The molecule has 570 valence electrons. The van der Waals surface area contributed by atoms with E-state index in [1.54, 1.807) is 0 Å². The average molecular weight is 1560 g/mol. The molecule has 0 radical (unpaired) electrons. The van der Waals surface area contributed by atoms with Crippen LogP contribution < -0.4 is 0 Å². The number of fused-ring (bicyclic) bond motifs is 16. The summed E-state index contributed by atoms with van der Waals surface area (Å²) >= 11 is 0. The molecule has 0 atom stereocenters. The van der Waals surface area contributed by atoms with Crippen molar-refractivity contribution in [3.05, 3.63) is 436 Å². The Morgan fingerprint density at radius 2 is 0.521 bits per heavy atom. The molecular formula is C115H80N4OSi. The van der Waals surface area contributed by atoms with Crippen molar-refractivity contribution in [1.82, 2.24) is 18.3 Å². The first-order valence-corrected chi connectivity index (χ1v) is 44.9. The van der Waals surface area contributed by atoms with E-state index in [4.69, 9.17) is 4.42 Å². The molecule has 0 N–H and O–H groups in total. The maximum Gasteiger partial charge on any atom is 0.136 e. The third kappa shape index (κ3) is 11.4. The van der Waals surface area contributed by atoms with Crippen molar-refractivity contribution in [2.45, 2.75) is 13.1 Å². The van der Waals surface area contributed by atoms with E-state index in [1.165, 1.54) is 191 Å². The highest BCUT2D eigenvalue weighted by Crippen LogP contribution is 2.52. The summed E-state index contributed by atoms with van der Waals surface area (Å²) in [5.41, 5.74) is 22.1. The number of para-hydroxylation sites is 6. The Hall–Kier alpha value is -15.3. The van der Waals surface area contributed by atoms with Crippen LogP contribution in [-0.4, -0.2) is 26.3 Å². The molecule has 5 aromatic heterocycles. The second-order valence-corrected chi connectivity index (χ2v) is 36.8. The second kappa shape index (κ2) is 28.8. The second-order valence-electron chi connectivity index (χ2n) is 32.5. The molecule has 0 fully saturated rings. The van der Waals surface area contributed by atoms with E-state index < -0.39 is 8.07 Å². The summed E-state index contributed by atoms with van der Waals surface area (Å²) < 4.78 is 16.3. The Labute approximate surface area is 701 Å². The van der Waals surface area contributed by atoms with Gasteiger partial charge in [0, 0.05) is 66.9 Å². The highest BCUT2D eigenvalue weighted by molar-refractivity contribution is 7.09. The zero-order valence-electron chi connectivity index (χ0n) is 67.2. The number of benzene rings is 19. The van der Waals surface area contributed by atoms with Crippen LogP contribution in [-0.2, 0) is 7.05 Å². The molecule has 0 saturated carbocycles. The van der Waals surface area contributed by atoms with E-state index in [1.807, 2.05) is 0 Å². The van der Waals surface area contributed by atoms with Crippen molar-refractivity contribution in [2.24, 2.45) is 7.05 Å². The fourth-order valence-electron chi connectivity index (χ4n) is 20.3. The molecule has 121 heavy (non-hydrogen) atoms. The number of rotatable bonds is 9. The first-order valence-electron chi connectivity index (χ1n) is 41.9. The number of nitrogens with zero attached hydrogens (tertiary/aromatic N) is 4. The van der Waals surface area contributed by atoms with Gasteiger partial charge in [-0.3, -0.25) is 4.57 Å². The normalized spacial score (nSPS) is 12.8. The molecule has 6 heteroatoms. The largest absolute Gasteiger partial charge is 0.456 e. The van der Waals surface area contributed by atoms with Gasteiger partial charge in [0.05, 0.1) is 38.8 Å². The topological polar surface area (TPSA) is 32.9 Å². The van der Waals surface area contributed by atoms with Gasteiger partial charge in [-0.2, -0.15) is 0 Å². The van der Waals surface area contributed by atoms with Crippen LogP contribution in [0.2, 0.25) is 13.1 Å². The highest BCUT2D eigenvalue weighted by Gasteiger charge is 2.39. The minimum Gasteiger partial charge on any atom is -0.456 e. The fourth-order valence-corrected chi connectivity index (χ4v) is 23.2. The zero-order valence-corrected chi connectivity index (χ0v) is 68.2. The lowest BCUT2D eigenvalue weighted by Crippen LogP contribution is -2.31. The van der Waals surface area contributed by atoms with Crippen LogP contribution in [0.25, 0.3) is 219 Å². The molecular weight excluding hydrogens is 1480 g/mol. The molecule has 1 aliphatic heterocycles. The van der Waals surface area contributed by atoms with E-state index in [2.05, 4.69) is 469 Å². The third-order valence-electron chi connectivity index (χ3n) is 25.5. The van der Waals surface area contributed by atoms with Gasteiger partial charge >= 0.3 is 0 Å². The Bertz CT molecular complexity index is 8040. The average Bonchev–Trinajstić information content (AvgIpc) is 1.58. The van der Waals surface area contributed by atoms with Crippen LogP contribution in [0, 0.1) is 0 Å². The van der Waals surface area contributed by atoms with Gasteiger partial charge in [0.25, 0.3) is 0 Å². The maximum absolute atomic E-state index is 6.65. The maximum atomic E-state index is 6.65. The van der Waals surface area contributed by atoms with Crippen molar-refractivity contribution in [1.29, 1.82) is 0 Å². The Balaban J connectivity index is 0.000000106. The SMILES string of the molecule is C[Si]1(C)C(c2c3ccccc3c(-c3ccccc3)c3ccccc23)=CC=C1n1c2ccccc2c2ccccc21.Cn1c(-c2c3ccccc3c(-c3ccccc3)c3ccccc23)ccc1-n1c2ccccc2c2ccccc21.c1ccc(-c2c3ccccc3c(-c3cc4cc(-n5c6ccccc6c6ccccc65)ccc4o3)c3ccccc23)cc1. The lowest BCUT2D eigenvalue weighted by atomic mass is 9.87. The molecule has 6 heterocycles. The van der Waals surface area contributed by atoms with Crippen molar-refractivity contribution < 1.29 is 4.42 Å². The Morgan fingerprint density at radius 3 is 0.876 bits per heavy atom. The van der Waals surface area contributed by atoms with Crippen LogP contribution >= 0.6 is 0 Å². The first kappa shape index (κ1) is 71.0. The van der Waals surface area contributed by atoms with Crippen LogP contribution in [0.5, 0.6) is 0 Å². The van der Waals surface area contributed by atoms with Crippen molar-refractivity contribution in [2.75, 3.05) is 0 Å². The molecule has 5 nitrogen and oxygen atoms in total. The number of aromatic nitrogens is 4. The molecule has 0 saturated heterocycles. The number of furan rings is 1. The molecule has 24 aromatic rings. The summed E-state index contributed by atoms with van der Waals surface area (Å²) in [7, 11) is 0.0725. The first-order chi connectivity index (χ1) is 59.8. The lowest BCUT2D eigenvalue weighted by molar-refractivity contribution is 0.633. The molecule has 0 amide bonds. The summed E-state index contributed by atoms with van der Waals surface area (Å²) in [6, 6.07) is 151.